The smallest absolute Gasteiger partial charge is 0.338 e. The number of ether oxygens (including phenoxy) is 5. The van der Waals surface area contributed by atoms with Gasteiger partial charge in [0, 0.05) is 11.6 Å². The fourth-order valence-corrected chi connectivity index (χ4v) is 3.23. The van der Waals surface area contributed by atoms with Gasteiger partial charge in [-0.1, -0.05) is 18.2 Å². The number of hydrogen-bond donors (Lipinski definition) is 0. The Morgan fingerprint density at radius 1 is 1.20 bits per heavy atom. The number of carbonyl (C=O) groups excluding carboxylic acids is 2. The Kier molecular flexibility index (Phi) is 3.87. The van der Waals surface area contributed by atoms with E-state index in [1.807, 2.05) is 6.07 Å². The molecule has 0 spiro atoms. The number of esters is 2. The lowest BCUT2D eigenvalue weighted by Crippen LogP contribution is -2.39. The maximum atomic E-state index is 12.5. The molecule has 25 heavy (non-hydrogen) atoms. The molecule has 7 heteroatoms. The first-order chi connectivity index (χ1) is 11.9. The number of hydrogen-bond acceptors (Lipinski definition) is 7. The summed E-state index contributed by atoms with van der Waals surface area (Å²) in [5.41, 5.74) is 1.03. The zero-order valence-corrected chi connectivity index (χ0v) is 13.8. The molecule has 7 nitrogen and oxygen atoms in total. The Hall–Kier alpha value is -2.22. The molecule has 2 fully saturated rings. The third-order valence-corrected chi connectivity index (χ3v) is 4.29. The van der Waals surface area contributed by atoms with Gasteiger partial charge in [0.1, 0.15) is 12.7 Å². The summed E-state index contributed by atoms with van der Waals surface area (Å²) < 4.78 is 28.1. The van der Waals surface area contributed by atoms with E-state index in [1.54, 1.807) is 38.1 Å². The highest BCUT2D eigenvalue weighted by Crippen LogP contribution is 2.41. The van der Waals surface area contributed by atoms with Crippen LogP contribution in [-0.2, 0) is 28.5 Å². The highest BCUT2D eigenvalue weighted by molar-refractivity contribution is 5.89. The van der Waals surface area contributed by atoms with Crippen LogP contribution in [0.5, 0.6) is 0 Å². The van der Waals surface area contributed by atoms with E-state index in [1.165, 1.54) is 6.08 Å². The molecule has 3 aliphatic rings. The minimum absolute atomic E-state index is 0.103. The second kappa shape index (κ2) is 5.94. The molecule has 4 rings (SSSR count). The first kappa shape index (κ1) is 16.3. The first-order valence-electron chi connectivity index (χ1n) is 8.07. The van der Waals surface area contributed by atoms with Crippen LogP contribution in [0.3, 0.4) is 0 Å². The van der Waals surface area contributed by atoms with Crippen LogP contribution in [0, 0.1) is 0 Å². The molecule has 4 atom stereocenters. The number of carbonyl (C=O) groups is 2. The van der Waals surface area contributed by atoms with E-state index in [9.17, 15) is 9.59 Å². The van der Waals surface area contributed by atoms with Gasteiger partial charge in [-0.25, -0.2) is 9.59 Å². The summed E-state index contributed by atoms with van der Waals surface area (Å²) in [5.74, 6) is -1.77. The van der Waals surface area contributed by atoms with Crippen LogP contribution in [0.1, 0.15) is 24.2 Å². The molecule has 3 aliphatic heterocycles. The van der Waals surface area contributed by atoms with Gasteiger partial charge < -0.3 is 23.7 Å². The molecule has 0 radical (unpaired) electrons. The average Bonchev–Trinajstić information content (AvgIpc) is 3.21. The van der Waals surface area contributed by atoms with Crippen molar-refractivity contribution in [1.82, 2.24) is 0 Å². The van der Waals surface area contributed by atoms with Gasteiger partial charge in [0.05, 0.1) is 5.56 Å². The minimum atomic E-state index is -0.839. The van der Waals surface area contributed by atoms with Crippen molar-refractivity contribution in [2.75, 3.05) is 6.61 Å². The lowest BCUT2D eigenvalue weighted by Gasteiger charge is -2.26. The third-order valence-electron chi connectivity index (χ3n) is 4.29. The van der Waals surface area contributed by atoms with Crippen LogP contribution in [0.25, 0.3) is 0 Å². The van der Waals surface area contributed by atoms with Crippen LogP contribution in [0.15, 0.2) is 42.0 Å². The van der Waals surface area contributed by atoms with Gasteiger partial charge in [-0.05, 0) is 26.0 Å². The molecule has 2 saturated heterocycles. The Morgan fingerprint density at radius 2 is 1.96 bits per heavy atom. The molecule has 1 aromatic carbocycles. The molecular formula is C18H18O7. The molecule has 0 N–H and O–H groups in total. The lowest BCUT2D eigenvalue weighted by atomic mass is 10.0. The fraction of sp³-hybridized carbons (Fsp3) is 0.444. The first-order valence-corrected chi connectivity index (χ1v) is 8.07. The van der Waals surface area contributed by atoms with Crippen molar-refractivity contribution in [1.29, 1.82) is 0 Å². The Balaban J connectivity index is 1.59. The van der Waals surface area contributed by atoms with E-state index in [2.05, 4.69) is 0 Å². The molecular weight excluding hydrogens is 328 g/mol. The topological polar surface area (TPSA) is 80.3 Å². The Labute approximate surface area is 144 Å². The molecule has 0 bridgehead atoms. The maximum Gasteiger partial charge on any atom is 0.338 e. The largest absolute Gasteiger partial charge is 0.458 e. The van der Waals surface area contributed by atoms with Gasteiger partial charge in [0.15, 0.2) is 24.3 Å². The third kappa shape index (κ3) is 3.06. The zero-order valence-electron chi connectivity index (χ0n) is 13.8. The summed E-state index contributed by atoms with van der Waals surface area (Å²) in [6.45, 7) is 3.63. The summed E-state index contributed by atoms with van der Waals surface area (Å²) in [7, 11) is 0. The van der Waals surface area contributed by atoms with E-state index < -0.39 is 42.3 Å². The second-order valence-electron chi connectivity index (χ2n) is 6.59. The lowest BCUT2D eigenvalue weighted by molar-refractivity contribution is -0.210. The van der Waals surface area contributed by atoms with Gasteiger partial charge in [-0.2, -0.15) is 0 Å². The zero-order chi connectivity index (χ0) is 17.6. The molecule has 0 saturated carbocycles. The summed E-state index contributed by atoms with van der Waals surface area (Å²) in [6.07, 6.45) is -1.28. The molecule has 3 heterocycles. The predicted octanol–water partition coefficient (Wildman–Crippen LogP) is 1.57. The van der Waals surface area contributed by atoms with Gasteiger partial charge in [0.2, 0.25) is 0 Å². The normalized spacial score (nSPS) is 32.9. The molecule has 1 aromatic rings. The molecule has 0 aromatic heterocycles. The number of fused-ring (bicyclic) bond motifs is 1. The van der Waals surface area contributed by atoms with E-state index in [-0.39, 0.29) is 6.61 Å². The number of benzene rings is 1. The van der Waals surface area contributed by atoms with Crippen molar-refractivity contribution in [3.8, 4) is 0 Å². The molecule has 0 unspecified atom stereocenters. The van der Waals surface area contributed by atoms with Gasteiger partial charge in [-0.15, -0.1) is 0 Å². The number of rotatable bonds is 3. The van der Waals surface area contributed by atoms with Crippen molar-refractivity contribution in [3.63, 3.8) is 0 Å². The minimum Gasteiger partial charge on any atom is -0.458 e. The highest BCUT2D eigenvalue weighted by atomic mass is 16.8. The summed E-state index contributed by atoms with van der Waals surface area (Å²) in [4.78, 5) is 23.9. The van der Waals surface area contributed by atoms with Crippen LogP contribution >= 0.6 is 0 Å². The van der Waals surface area contributed by atoms with Crippen LogP contribution in [-0.4, -0.2) is 48.9 Å². The van der Waals surface area contributed by atoms with Crippen molar-refractivity contribution in [3.05, 3.63) is 47.5 Å². The van der Waals surface area contributed by atoms with Crippen molar-refractivity contribution in [2.45, 2.75) is 44.2 Å². The Bertz CT molecular complexity index is 724. The number of cyclic esters (lactones) is 1. The second-order valence-corrected chi connectivity index (χ2v) is 6.59. The van der Waals surface area contributed by atoms with Crippen LogP contribution < -0.4 is 0 Å². The monoisotopic (exact) mass is 346 g/mol. The summed E-state index contributed by atoms with van der Waals surface area (Å²) in [5, 5.41) is 0. The van der Waals surface area contributed by atoms with Gasteiger partial charge in [-0.3, -0.25) is 0 Å². The van der Waals surface area contributed by atoms with E-state index in [4.69, 9.17) is 23.7 Å². The maximum absolute atomic E-state index is 12.5. The van der Waals surface area contributed by atoms with Crippen molar-refractivity contribution < 1.29 is 33.3 Å². The van der Waals surface area contributed by atoms with Crippen molar-refractivity contribution in [2.24, 2.45) is 0 Å². The quantitative estimate of drug-likeness (QED) is 0.769. The van der Waals surface area contributed by atoms with Crippen molar-refractivity contribution >= 4 is 11.9 Å². The van der Waals surface area contributed by atoms with Gasteiger partial charge in [0.25, 0.3) is 0 Å². The molecule has 0 amide bonds. The Morgan fingerprint density at radius 3 is 2.64 bits per heavy atom. The van der Waals surface area contributed by atoms with Crippen LogP contribution in [0.4, 0.5) is 0 Å². The molecule has 0 aliphatic carbocycles. The predicted molar refractivity (Wildman–Crippen MR) is 83.4 cm³/mol. The average molecular weight is 346 g/mol. The van der Waals surface area contributed by atoms with Crippen LogP contribution in [0.2, 0.25) is 0 Å². The van der Waals surface area contributed by atoms with Gasteiger partial charge >= 0.3 is 11.9 Å². The SMILES string of the molecule is CC1(C)O[C@H]2O[C@H](C3=CC(=O)OC3)[C@H](OC(=O)c3ccccc3)[C@H]2O1. The molecule has 132 valence electrons. The highest BCUT2D eigenvalue weighted by Gasteiger charge is 2.57. The summed E-state index contributed by atoms with van der Waals surface area (Å²) >= 11 is 0. The van der Waals surface area contributed by atoms with E-state index in [0.29, 0.717) is 11.1 Å². The fourth-order valence-electron chi connectivity index (χ4n) is 3.23. The summed E-state index contributed by atoms with van der Waals surface area (Å²) in [6, 6.07) is 8.67. The standard InChI is InChI=1S/C18H18O7/c1-18(2)24-15-14(22-16(20)10-6-4-3-5-7-10)13(23-17(15)25-18)11-8-12(19)21-9-11/h3-8,13-15,17H,9H2,1-2H3/t13-,14+,15-,17-/m1/s1. The van der Waals surface area contributed by atoms with E-state index >= 15 is 0 Å². The van der Waals surface area contributed by atoms with E-state index in [0.717, 1.165) is 0 Å².